The maximum atomic E-state index is 5.73. The first-order chi connectivity index (χ1) is 6.75. The van der Waals surface area contributed by atoms with Gasteiger partial charge in [0.15, 0.2) is 4.47 Å². The van der Waals surface area contributed by atoms with Gasteiger partial charge < -0.3 is 4.42 Å². The molecule has 2 aromatic heterocycles. The van der Waals surface area contributed by atoms with Gasteiger partial charge in [-0.1, -0.05) is 11.6 Å². The van der Waals surface area contributed by atoms with Crippen LogP contribution in [0.25, 0.3) is 0 Å². The number of aryl methyl sites for hydroxylation is 1. The largest absolute Gasteiger partial charge is 0.468 e. The van der Waals surface area contributed by atoms with Crippen LogP contribution in [0.2, 0.25) is 4.47 Å². The van der Waals surface area contributed by atoms with Crippen molar-refractivity contribution in [3.8, 4) is 0 Å². The predicted molar refractivity (Wildman–Crippen MR) is 60.1 cm³/mol. The van der Waals surface area contributed by atoms with Crippen LogP contribution < -0.4 is 0 Å². The Morgan fingerprint density at radius 3 is 3.07 bits per heavy atom. The molecule has 0 N–H and O–H groups in total. The van der Waals surface area contributed by atoms with Crippen molar-refractivity contribution in [2.45, 2.75) is 17.6 Å². The molecule has 0 atom stereocenters. The van der Waals surface area contributed by atoms with Gasteiger partial charge in [0.25, 0.3) is 0 Å². The molecule has 0 aliphatic carbocycles. The Morgan fingerprint density at radius 2 is 2.50 bits per heavy atom. The van der Waals surface area contributed by atoms with Gasteiger partial charge in [0.1, 0.15) is 5.76 Å². The van der Waals surface area contributed by atoms with Gasteiger partial charge >= 0.3 is 0 Å². The Labute approximate surface area is 95.3 Å². The van der Waals surface area contributed by atoms with Crippen LogP contribution in [0.5, 0.6) is 0 Å². The van der Waals surface area contributed by atoms with Crippen LogP contribution in [-0.2, 0) is 5.75 Å². The van der Waals surface area contributed by atoms with Crippen LogP contribution in [0, 0.1) is 6.92 Å². The van der Waals surface area contributed by atoms with Crippen LogP contribution in [0.1, 0.15) is 10.6 Å². The van der Waals surface area contributed by atoms with Crippen molar-refractivity contribution in [2.24, 2.45) is 0 Å². The molecule has 14 heavy (non-hydrogen) atoms. The number of halogens is 1. The molecule has 0 saturated heterocycles. The molecule has 2 nitrogen and oxygen atoms in total. The zero-order chi connectivity index (χ0) is 9.97. The van der Waals surface area contributed by atoms with Crippen LogP contribution in [0.15, 0.2) is 27.8 Å². The number of aromatic nitrogens is 1. The molecule has 0 saturated carbocycles. The highest BCUT2D eigenvalue weighted by Crippen LogP contribution is 2.29. The first-order valence-electron chi connectivity index (χ1n) is 4.03. The van der Waals surface area contributed by atoms with Crippen molar-refractivity contribution in [1.82, 2.24) is 4.98 Å². The van der Waals surface area contributed by atoms with E-state index in [4.69, 9.17) is 16.0 Å². The molecule has 0 bridgehead atoms. The lowest BCUT2D eigenvalue weighted by molar-refractivity contribution is 0.527. The average Bonchev–Trinajstić information content (AvgIpc) is 2.72. The number of hydrogen-bond donors (Lipinski definition) is 0. The molecule has 0 fully saturated rings. The molecule has 0 aliphatic rings. The van der Waals surface area contributed by atoms with E-state index in [-0.39, 0.29) is 0 Å². The summed E-state index contributed by atoms with van der Waals surface area (Å²) >= 11 is 8.99. The summed E-state index contributed by atoms with van der Waals surface area (Å²) in [5.41, 5.74) is 0. The first kappa shape index (κ1) is 10.1. The van der Waals surface area contributed by atoms with Crippen molar-refractivity contribution in [2.75, 3.05) is 0 Å². The van der Waals surface area contributed by atoms with Gasteiger partial charge in [-0.05, 0) is 13.0 Å². The second-order valence-corrected chi connectivity index (χ2v) is 5.42. The molecule has 0 amide bonds. The maximum absolute atomic E-state index is 5.73. The second-order valence-electron chi connectivity index (χ2n) is 2.71. The van der Waals surface area contributed by atoms with Crippen molar-refractivity contribution in [3.05, 3.63) is 33.6 Å². The number of nitrogens with zero attached hydrogens (tertiary/aromatic N) is 1. The van der Waals surface area contributed by atoms with Gasteiger partial charge in [0, 0.05) is 21.7 Å². The minimum atomic E-state index is 0.601. The number of thiazole rings is 1. The Hall–Kier alpha value is -0.450. The monoisotopic (exact) mass is 245 g/mol. The van der Waals surface area contributed by atoms with Crippen LogP contribution >= 0.6 is 34.7 Å². The topological polar surface area (TPSA) is 26.0 Å². The molecule has 0 aromatic carbocycles. The van der Waals surface area contributed by atoms with Crippen molar-refractivity contribution >= 4 is 34.7 Å². The SMILES string of the molecule is Cc1occc1SCc1cnc(Cl)s1. The molecule has 2 rings (SSSR count). The van der Waals surface area contributed by atoms with E-state index in [1.54, 1.807) is 18.0 Å². The van der Waals surface area contributed by atoms with Crippen molar-refractivity contribution < 1.29 is 4.42 Å². The zero-order valence-electron chi connectivity index (χ0n) is 7.49. The lowest BCUT2D eigenvalue weighted by Crippen LogP contribution is -1.74. The Balaban J connectivity index is 1.98. The van der Waals surface area contributed by atoms with E-state index in [2.05, 4.69) is 4.98 Å². The highest BCUT2D eigenvalue weighted by molar-refractivity contribution is 7.98. The van der Waals surface area contributed by atoms with Gasteiger partial charge in [0.2, 0.25) is 0 Å². The van der Waals surface area contributed by atoms with E-state index in [1.165, 1.54) is 21.1 Å². The minimum absolute atomic E-state index is 0.601. The highest BCUT2D eigenvalue weighted by Gasteiger charge is 2.04. The third-order valence-corrected chi connectivity index (χ3v) is 4.19. The summed E-state index contributed by atoms with van der Waals surface area (Å²) in [6, 6.07) is 1.97. The summed E-state index contributed by atoms with van der Waals surface area (Å²) in [6.45, 7) is 1.96. The quantitative estimate of drug-likeness (QED) is 0.765. The minimum Gasteiger partial charge on any atom is -0.468 e. The highest BCUT2D eigenvalue weighted by atomic mass is 35.5. The van der Waals surface area contributed by atoms with Crippen molar-refractivity contribution in [3.63, 3.8) is 0 Å². The fourth-order valence-corrected chi connectivity index (χ4v) is 2.98. The number of hydrogen-bond acceptors (Lipinski definition) is 4. The smallest absolute Gasteiger partial charge is 0.183 e. The number of thioether (sulfide) groups is 1. The number of furan rings is 1. The number of rotatable bonds is 3. The molecular formula is C9H8ClNOS2. The van der Waals surface area contributed by atoms with Crippen molar-refractivity contribution in [1.29, 1.82) is 0 Å². The fraction of sp³-hybridized carbons (Fsp3) is 0.222. The van der Waals surface area contributed by atoms with E-state index in [1.807, 2.05) is 19.2 Å². The van der Waals surface area contributed by atoms with E-state index in [0.29, 0.717) is 4.47 Å². The molecule has 2 heterocycles. The summed E-state index contributed by atoms with van der Waals surface area (Å²) in [5, 5.41) is 0. The van der Waals surface area contributed by atoms with Crippen LogP contribution in [-0.4, -0.2) is 4.98 Å². The lowest BCUT2D eigenvalue weighted by Gasteiger charge is -1.95. The third-order valence-electron chi connectivity index (χ3n) is 1.71. The fourth-order valence-electron chi connectivity index (χ4n) is 1.02. The van der Waals surface area contributed by atoms with Gasteiger partial charge in [0.05, 0.1) is 6.26 Å². The van der Waals surface area contributed by atoms with Gasteiger partial charge in [-0.2, -0.15) is 0 Å². The summed E-state index contributed by atoms with van der Waals surface area (Å²) in [4.78, 5) is 6.34. The van der Waals surface area contributed by atoms with Gasteiger partial charge in [-0.15, -0.1) is 23.1 Å². The van der Waals surface area contributed by atoms with Crippen LogP contribution in [0.3, 0.4) is 0 Å². The van der Waals surface area contributed by atoms with Gasteiger partial charge in [-0.3, -0.25) is 0 Å². The van der Waals surface area contributed by atoms with E-state index < -0.39 is 0 Å². The third kappa shape index (κ3) is 2.32. The predicted octanol–water partition coefficient (Wildman–Crippen LogP) is 3.99. The second kappa shape index (κ2) is 4.38. The van der Waals surface area contributed by atoms with E-state index in [9.17, 15) is 0 Å². The van der Waals surface area contributed by atoms with Crippen LogP contribution in [0.4, 0.5) is 0 Å². The normalized spacial score (nSPS) is 10.7. The molecule has 0 aliphatic heterocycles. The Bertz CT molecular complexity index is 424. The molecule has 0 radical (unpaired) electrons. The van der Waals surface area contributed by atoms with E-state index >= 15 is 0 Å². The molecule has 2 aromatic rings. The zero-order valence-corrected chi connectivity index (χ0v) is 9.88. The maximum Gasteiger partial charge on any atom is 0.183 e. The molecule has 0 unspecified atom stereocenters. The molecule has 5 heteroatoms. The average molecular weight is 246 g/mol. The van der Waals surface area contributed by atoms with E-state index in [0.717, 1.165) is 11.5 Å². The molecule has 74 valence electrons. The molecule has 0 spiro atoms. The lowest BCUT2D eigenvalue weighted by atomic mass is 10.5. The Morgan fingerprint density at radius 1 is 1.64 bits per heavy atom. The summed E-state index contributed by atoms with van der Waals surface area (Å²) in [7, 11) is 0. The summed E-state index contributed by atoms with van der Waals surface area (Å²) < 4.78 is 5.80. The summed E-state index contributed by atoms with van der Waals surface area (Å²) in [5.74, 6) is 1.86. The first-order valence-corrected chi connectivity index (χ1v) is 6.21. The molecular weight excluding hydrogens is 238 g/mol. The standard InChI is InChI=1S/C9H8ClNOS2/c1-6-8(2-3-12-6)13-5-7-4-11-9(10)14-7/h2-4H,5H2,1H3. The summed E-state index contributed by atoms with van der Waals surface area (Å²) in [6.07, 6.45) is 3.52. The van der Waals surface area contributed by atoms with Gasteiger partial charge in [-0.25, -0.2) is 4.98 Å². The Kier molecular flexibility index (Phi) is 3.15.